The quantitative estimate of drug-likeness (QED) is 0.532. The van der Waals surface area contributed by atoms with E-state index in [0.29, 0.717) is 18.8 Å². The number of hydrogen-bond acceptors (Lipinski definition) is 2. The fourth-order valence-corrected chi connectivity index (χ4v) is 3.98. The lowest BCUT2D eigenvalue weighted by Gasteiger charge is -2.26. The topological polar surface area (TPSA) is 61.1 Å². The lowest BCUT2D eigenvalue weighted by molar-refractivity contribution is 0.0768. The number of aromatic amines is 2. The maximum atomic E-state index is 13.4. The highest BCUT2D eigenvalue weighted by atomic mass is 19.1. The normalized spacial score (nSPS) is 14.4. The number of H-pyrrole nitrogens is 2. The van der Waals surface area contributed by atoms with Crippen LogP contribution in [0.15, 0.2) is 54.7 Å². The summed E-state index contributed by atoms with van der Waals surface area (Å²) in [5, 5.41) is 1.98. The number of carbonyl (C=O) groups excluding carboxylic acids is 1. The van der Waals surface area contributed by atoms with Gasteiger partial charge in [-0.25, -0.2) is 4.39 Å². The minimum absolute atomic E-state index is 0.0172. The zero-order chi connectivity index (χ0) is 20.0. The lowest BCUT2D eigenvalue weighted by Crippen LogP contribution is -2.34. The average Bonchev–Trinajstić information content (AvgIpc) is 3.36. The number of halogens is 1. The summed E-state index contributed by atoms with van der Waals surface area (Å²) in [7, 11) is 1.62. The minimum atomic E-state index is -0.253. The summed E-state index contributed by atoms with van der Waals surface area (Å²) in [5.41, 5.74) is 4.49. The molecular formula is C23H20FN3O2. The van der Waals surface area contributed by atoms with Gasteiger partial charge in [0.2, 0.25) is 0 Å². The summed E-state index contributed by atoms with van der Waals surface area (Å²) >= 11 is 0. The smallest absolute Gasteiger partial charge is 0.270 e. The minimum Gasteiger partial charge on any atom is -0.497 e. The maximum Gasteiger partial charge on any atom is 0.270 e. The zero-order valence-electron chi connectivity index (χ0n) is 16.0. The third-order valence-electron chi connectivity index (χ3n) is 5.55. The van der Waals surface area contributed by atoms with E-state index in [2.05, 4.69) is 16.0 Å². The van der Waals surface area contributed by atoms with Crippen LogP contribution in [0.4, 0.5) is 4.39 Å². The highest BCUT2D eigenvalue weighted by Crippen LogP contribution is 2.30. The predicted octanol–water partition coefficient (Wildman–Crippen LogP) is 4.73. The monoisotopic (exact) mass is 389 g/mol. The fraction of sp³-hybridized carbons (Fsp3) is 0.174. The van der Waals surface area contributed by atoms with Crippen molar-refractivity contribution in [3.63, 3.8) is 0 Å². The molecule has 29 heavy (non-hydrogen) atoms. The molecular weight excluding hydrogens is 369 g/mol. The number of aromatic nitrogens is 2. The van der Waals surface area contributed by atoms with Gasteiger partial charge in [-0.15, -0.1) is 0 Å². The maximum absolute atomic E-state index is 13.4. The second kappa shape index (κ2) is 6.81. The number of nitrogens with one attached hydrogen (secondary N) is 2. The average molecular weight is 389 g/mol. The van der Waals surface area contributed by atoms with E-state index in [9.17, 15) is 9.18 Å². The van der Waals surface area contributed by atoms with Crippen LogP contribution in [0.25, 0.3) is 27.4 Å². The highest BCUT2D eigenvalue weighted by molar-refractivity contribution is 5.99. The third kappa shape index (κ3) is 3.06. The van der Waals surface area contributed by atoms with Gasteiger partial charge < -0.3 is 19.6 Å². The first-order valence-corrected chi connectivity index (χ1v) is 9.54. The summed E-state index contributed by atoms with van der Waals surface area (Å²) in [6.45, 7) is 1.18. The van der Waals surface area contributed by atoms with E-state index in [1.807, 2.05) is 35.4 Å². The van der Waals surface area contributed by atoms with Gasteiger partial charge >= 0.3 is 0 Å². The summed E-state index contributed by atoms with van der Waals surface area (Å²) < 4.78 is 18.7. The summed E-state index contributed by atoms with van der Waals surface area (Å²) in [4.78, 5) is 21.1. The Balaban J connectivity index is 1.37. The molecule has 4 aromatic rings. The molecule has 1 amide bonds. The van der Waals surface area contributed by atoms with Crippen molar-refractivity contribution in [1.82, 2.24) is 14.9 Å². The molecule has 1 aliphatic heterocycles. The van der Waals surface area contributed by atoms with Gasteiger partial charge in [-0.2, -0.15) is 0 Å². The number of hydrogen-bond donors (Lipinski definition) is 2. The number of methoxy groups -OCH3 is 1. The van der Waals surface area contributed by atoms with Crippen LogP contribution in [0.3, 0.4) is 0 Å². The Hall–Kier alpha value is -3.54. The second-order valence-corrected chi connectivity index (χ2v) is 7.26. The molecule has 2 aromatic carbocycles. The number of amides is 1. The van der Waals surface area contributed by atoms with E-state index in [1.54, 1.807) is 13.2 Å². The molecule has 0 saturated carbocycles. The van der Waals surface area contributed by atoms with Crippen molar-refractivity contribution in [2.24, 2.45) is 0 Å². The van der Waals surface area contributed by atoms with Gasteiger partial charge in [-0.05, 0) is 48.4 Å². The van der Waals surface area contributed by atoms with Crippen molar-refractivity contribution in [3.05, 3.63) is 71.8 Å². The molecule has 3 heterocycles. The molecule has 0 unspecified atom stereocenters. The predicted molar refractivity (Wildman–Crippen MR) is 112 cm³/mol. The van der Waals surface area contributed by atoms with Crippen molar-refractivity contribution in [1.29, 1.82) is 0 Å². The number of fused-ring (bicyclic) bond motifs is 2. The van der Waals surface area contributed by atoms with Crippen molar-refractivity contribution < 1.29 is 13.9 Å². The summed E-state index contributed by atoms with van der Waals surface area (Å²) in [5.74, 6) is 0.482. The van der Waals surface area contributed by atoms with Gasteiger partial charge in [0.05, 0.1) is 7.11 Å². The molecule has 0 saturated heterocycles. The number of rotatable bonds is 3. The number of nitrogens with zero attached hydrogens (tertiary/aromatic N) is 1. The van der Waals surface area contributed by atoms with E-state index in [0.717, 1.165) is 39.5 Å². The SMILES string of the molecule is COc1ccc2cc(C(=O)N3CC=C(c4c[nH]c5cc(F)ccc45)CC3)[nH]c2c1. The van der Waals surface area contributed by atoms with Crippen LogP contribution in [0.5, 0.6) is 5.75 Å². The molecule has 5 rings (SSSR count). The molecule has 146 valence electrons. The molecule has 0 atom stereocenters. The molecule has 0 aliphatic carbocycles. The highest BCUT2D eigenvalue weighted by Gasteiger charge is 2.22. The van der Waals surface area contributed by atoms with Crippen molar-refractivity contribution in [3.8, 4) is 5.75 Å². The zero-order valence-corrected chi connectivity index (χ0v) is 16.0. The van der Waals surface area contributed by atoms with Gasteiger partial charge in [0.15, 0.2) is 0 Å². The van der Waals surface area contributed by atoms with Gasteiger partial charge in [0, 0.05) is 52.7 Å². The second-order valence-electron chi connectivity index (χ2n) is 7.26. The largest absolute Gasteiger partial charge is 0.497 e. The lowest BCUT2D eigenvalue weighted by atomic mass is 9.99. The van der Waals surface area contributed by atoms with Crippen LogP contribution in [-0.4, -0.2) is 41.0 Å². The standard InChI is InChI=1S/C23H20FN3O2/c1-29-17-4-2-15-10-22(26-20(15)12-17)23(28)27-8-6-14(7-9-27)19-13-25-21-11-16(24)3-5-18(19)21/h2-6,10-13,25-26H,7-9H2,1H3. The Morgan fingerprint density at radius 3 is 2.83 bits per heavy atom. The number of benzene rings is 2. The van der Waals surface area contributed by atoms with Gasteiger partial charge in [-0.1, -0.05) is 6.08 Å². The molecule has 6 heteroatoms. The first kappa shape index (κ1) is 17.6. The fourth-order valence-electron chi connectivity index (χ4n) is 3.98. The number of ether oxygens (including phenoxy) is 1. The van der Waals surface area contributed by atoms with Crippen molar-refractivity contribution in [2.45, 2.75) is 6.42 Å². The molecule has 2 N–H and O–H groups in total. The van der Waals surface area contributed by atoms with E-state index in [-0.39, 0.29) is 11.7 Å². The van der Waals surface area contributed by atoms with Crippen LogP contribution in [-0.2, 0) is 0 Å². The first-order chi connectivity index (χ1) is 14.1. The van der Waals surface area contributed by atoms with Gasteiger partial charge in [0.1, 0.15) is 17.3 Å². The Morgan fingerprint density at radius 1 is 1.14 bits per heavy atom. The molecule has 5 nitrogen and oxygen atoms in total. The molecule has 0 spiro atoms. The summed E-state index contributed by atoms with van der Waals surface area (Å²) in [6.07, 6.45) is 4.75. The van der Waals surface area contributed by atoms with Crippen LogP contribution in [0.2, 0.25) is 0 Å². The Bertz CT molecular complexity index is 1270. The molecule has 1 aliphatic rings. The summed E-state index contributed by atoms with van der Waals surface area (Å²) in [6, 6.07) is 12.4. The van der Waals surface area contributed by atoms with Crippen molar-refractivity contribution in [2.75, 3.05) is 20.2 Å². The van der Waals surface area contributed by atoms with E-state index in [1.165, 1.54) is 17.7 Å². The van der Waals surface area contributed by atoms with E-state index < -0.39 is 0 Å². The molecule has 0 fully saturated rings. The van der Waals surface area contributed by atoms with E-state index in [4.69, 9.17) is 4.74 Å². The first-order valence-electron chi connectivity index (χ1n) is 9.54. The third-order valence-corrected chi connectivity index (χ3v) is 5.55. The number of carbonyl (C=O) groups is 1. The molecule has 0 bridgehead atoms. The Kier molecular flexibility index (Phi) is 4.12. The van der Waals surface area contributed by atoms with Crippen LogP contribution in [0.1, 0.15) is 22.5 Å². The van der Waals surface area contributed by atoms with Crippen molar-refractivity contribution >= 4 is 33.3 Å². The van der Waals surface area contributed by atoms with E-state index >= 15 is 0 Å². The Morgan fingerprint density at radius 2 is 2.03 bits per heavy atom. The molecule has 2 aromatic heterocycles. The van der Waals surface area contributed by atoms with Crippen LogP contribution >= 0.6 is 0 Å². The van der Waals surface area contributed by atoms with Gasteiger partial charge in [0.25, 0.3) is 5.91 Å². The van der Waals surface area contributed by atoms with Crippen LogP contribution in [0, 0.1) is 5.82 Å². The Labute approximate surface area is 166 Å². The van der Waals surface area contributed by atoms with Crippen LogP contribution < -0.4 is 4.74 Å². The van der Waals surface area contributed by atoms with Gasteiger partial charge in [-0.3, -0.25) is 4.79 Å². The molecule has 0 radical (unpaired) electrons.